The molecule has 2 aliphatic heterocycles. The molecule has 0 bridgehead atoms. The van der Waals surface area contributed by atoms with E-state index in [-0.39, 0.29) is 43.4 Å². The van der Waals surface area contributed by atoms with E-state index in [0.29, 0.717) is 11.5 Å². The van der Waals surface area contributed by atoms with Gasteiger partial charge in [0.15, 0.2) is 29.6 Å². The van der Waals surface area contributed by atoms with Crippen molar-refractivity contribution < 1.29 is 38.2 Å². The number of nitro benzene ring substituents is 1. The van der Waals surface area contributed by atoms with E-state index in [2.05, 4.69) is 5.32 Å². The van der Waals surface area contributed by atoms with Crippen molar-refractivity contribution in [3.8, 4) is 23.0 Å². The van der Waals surface area contributed by atoms with Crippen molar-refractivity contribution in [2.75, 3.05) is 33.0 Å². The van der Waals surface area contributed by atoms with Gasteiger partial charge in [0, 0.05) is 6.07 Å². The molecule has 1 atom stereocenters. The summed E-state index contributed by atoms with van der Waals surface area (Å²) in [6.07, 6.45) is -0.409. The zero-order chi connectivity index (χ0) is 21.8. The molecule has 11 nitrogen and oxygen atoms in total. The fourth-order valence-electron chi connectivity index (χ4n) is 3.04. The Morgan fingerprint density at radius 2 is 1.77 bits per heavy atom. The Bertz CT molecular complexity index is 1020. The molecule has 2 aliphatic rings. The van der Waals surface area contributed by atoms with E-state index < -0.39 is 35.2 Å². The van der Waals surface area contributed by atoms with Crippen LogP contribution in [0.4, 0.5) is 5.69 Å². The number of nitrogens with one attached hydrogen (secondary N) is 1. The Hall–Kier alpha value is -4.02. The van der Waals surface area contributed by atoms with Crippen LogP contribution in [-0.4, -0.2) is 55.9 Å². The molecule has 0 aromatic heterocycles. The topological polar surface area (TPSA) is 135 Å². The third kappa shape index (κ3) is 4.60. The smallest absolute Gasteiger partial charge is 0.345 e. The fourth-order valence-corrected chi connectivity index (χ4v) is 3.04. The Balaban J connectivity index is 1.32. The SMILES string of the molecule is O=C(COC(=O)c1cc2c(cc1[N+](=O)[O-])OCCO2)NC[C@H]1COc2ccccc2O1. The number of carbonyl (C=O) groups excluding carboxylic acids is 2. The molecular formula is C20H18N2O9. The number of hydrogen-bond donors (Lipinski definition) is 1. The zero-order valence-corrected chi connectivity index (χ0v) is 16.2. The van der Waals surface area contributed by atoms with Gasteiger partial charge < -0.3 is 29.0 Å². The molecule has 1 N–H and O–H groups in total. The minimum atomic E-state index is -1.02. The van der Waals surface area contributed by atoms with Gasteiger partial charge in [0.1, 0.15) is 31.5 Å². The van der Waals surface area contributed by atoms with E-state index in [1.54, 1.807) is 18.2 Å². The van der Waals surface area contributed by atoms with Gasteiger partial charge in [0.25, 0.3) is 11.6 Å². The predicted octanol–water partition coefficient (Wildman–Crippen LogP) is 1.48. The quantitative estimate of drug-likeness (QED) is 0.410. The van der Waals surface area contributed by atoms with Crippen LogP contribution in [0.5, 0.6) is 23.0 Å². The van der Waals surface area contributed by atoms with Crippen LogP contribution >= 0.6 is 0 Å². The van der Waals surface area contributed by atoms with Crippen LogP contribution in [-0.2, 0) is 9.53 Å². The first kappa shape index (κ1) is 20.3. The van der Waals surface area contributed by atoms with Gasteiger partial charge in [-0.05, 0) is 12.1 Å². The van der Waals surface area contributed by atoms with Gasteiger partial charge in [-0.1, -0.05) is 12.1 Å². The number of ether oxygens (including phenoxy) is 5. The van der Waals surface area contributed by atoms with Crippen LogP contribution in [0.2, 0.25) is 0 Å². The number of carbonyl (C=O) groups is 2. The van der Waals surface area contributed by atoms with Gasteiger partial charge in [-0.3, -0.25) is 14.9 Å². The van der Waals surface area contributed by atoms with Gasteiger partial charge >= 0.3 is 5.97 Å². The molecule has 162 valence electrons. The van der Waals surface area contributed by atoms with Crippen molar-refractivity contribution >= 4 is 17.6 Å². The van der Waals surface area contributed by atoms with Crippen LogP contribution in [0.15, 0.2) is 36.4 Å². The second kappa shape index (κ2) is 8.78. The number of para-hydroxylation sites is 2. The molecule has 2 aromatic rings. The van der Waals surface area contributed by atoms with E-state index >= 15 is 0 Å². The van der Waals surface area contributed by atoms with Crippen LogP contribution in [0.3, 0.4) is 0 Å². The highest BCUT2D eigenvalue weighted by Gasteiger charge is 2.28. The second-order valence-corrected chi connectivity index (χ2v) is 6.65. The molecule has 31 heavy (non-hydrogen) atoms. The number of amides is 1. The van der Waals surface area contributed by atoms with Crippen molar-refractivity contribution in [3.05, 3.63) is 52.1 Å². The maximum absolute atomic E-state index is 12.4. The van der Waals surface area contributed by atoms with Crippen molar-refractivity contribution in [3.63, 3.8) is 0 Å². The maximum atomic E-state index is 12.4. The Kier molecular flexibility index (Phi) is 5.74. The number of nitro groups is 1. The van der Waals surface area contributed by atoms with Crippen molar-refractivity contribution in [2.24, 2.45) is 0 Å². The lowest BCUT2D eigenvalue weighted by Gasteiger charge is -2.26. The summed E-state index contributed by atoms with van der Waals surface area (Å²) in [6.45, 7) is 0.262. The van der Waals surface area contributed by atoms with E-state index in [0.717, 1.165) is 6.07 Å². The molecule has 0 fully saturated rings. The van der Waals surface area contributed by atoms with Crippen molar-refractivity contribution in [1.82, 2.24) is 5.32 Å². The maximum Gasteiger partial charge on any atom is 0.345 e. The lowest BCUT2D eigenvalue weighted by molar-refractivity contribution is -0.385. The Morgan fingerprint density at radius 1 is 1.06 bits per heavy atom. The summed E-state index contributed by atoms with van der Waals surface area (Å²) in [5, 5.41) is 13.9. The average Bonchev–Trinajstić information content (AvgIpc) is 2.80. The lowest BCUT2D eigenvalue weighted by atomic mass is 10.1. The van der Waals surface area contributed by atoms with Crippen LogP contribution in [0.1, 0.15) is 10.4 Å². The predicted molar refractivity (Wildman–Crippen MR) is 104 cm³/mol. The molecule has 1 amide bonds. The summed E-state index contributed by atoms with van der Waals surface area (Å²) < 4.78 is 26.9. The lowest BCUT2D eigenvalue weighted by Crippen LogP contribution is -2.42. The summed E-state index contributed by atoms with van der Waals surface area (Å²) in [6, 6.07) is 9.44. The molecule has 2 heterocycles. The monoisotopic (exact) mass is 430 g/mol. The number of rotatable bonds is 6. The third-order valence-corrected chi connectivity index (χ3v) is 4.51. The minimum Gasteiger partial charge on any atom is -0.486 e. The normalized spacial score (nSPS) is 16.2. The van der Waals surface area contributed by atoms with E-state index in [4.69, 9.17) is 23.7 Å². The summed E-state index contributed by atoms with van der Waals surface area (Å²) >= 11 is 0. The zero-order valence-electron chi connectivity index (χ0n) is 16.2. The standard InChI is InChI=1S/C20H18N2O9/c23-19(21-9-12-10-29-15-3-1-2-4-16(15)31-12)11-30-20(24)13-7-17-18(28-6-5-27-17)8-14(13)22(25)26/h1-4,7-8,12H,5-6,9-11H2,(H,21,23)/t12-/m0/s1. The number of fused-ring (bicyclic) bond motifs is 2. The van der Waals surface area contributed by atoms with Crippen LogP contribution in [0.25, 0.3) is 0 Å². The third-order valence-electron chi connectivity index (χ3n) is 4.51. The van der Waals surface area contributed by atoms with Gasteiger partial charge in [0.2, 0.25) is 0 Å². The molecule has 11 heteroatoms. The summed E-state index contributed by atoms with van der Waals surface area (Å²) in [5.41, 5.74) is -0.830. The fraction of sp³-hybridized carbons (Fsp3) is 0.300. The number of hydrogen-bond acceptors (Lipinski definition) is 9. The molecule has 4 rings (SSSR count). The summed E-state index contributed by atoms with van der Waals surface area (Å²) in [4.78, 5) is 35.0. The van der Waals surface area contributed by atoms with Gasteiger partial charge in [-0.2, -0.15) is 0 Å². The summed E-state index contributed by atoms with van der Waals surface area (Å²) in [7, 11) is 0. The molecule has 2 aromatic carbocycles. The molecular weight excluding hydrogens is 412 g/mol. The number of nitrogens with zero attached hydrogens (tertiary/aromatic N) is 1. The highest BCUT2D eigenvalue weighted by molar-refractivity contribution is 5.96. The first-order valence-electron chi connectivity index (χ1n) is 9.41. The largest absolute Gasteiger partial charge is 0.486 e. The molecule has 0 unspecified atom stereocenters. The number of esters is 1. The first-order chi connectivity index (χ1) is 15.0. The second-order valence-electron chi connectivity index (χ2n) is 6.65. The van der Waals surface area contributed by atoms with Gasteiger partial charge in [-0.25, -0.2) is 4.79 Å². The van der Waals surface area contributed by atoms with Crippen molar-refractivity contribution in [1.29, 1.82) is 0 Å². The van der Waals surface area contributed by atoms with Gasteiger partial charge in [-0.15, -0.1) is 0 Å². The molecule has 0 spiro atoms. The first-order valence-corrected chi connectivity index (χ1v) is 9.41. The van der Waals surface area contributed by atoms with Crippen LogP contribution in [0, 0.1) is 10.1 Å². The van der Waals surface area contributed by atoms with E-state index in [1.165, 1.54) is 6.07 Å². The van der Waals surface area contributed by atoms with Crippen molar-refractivity contribution in [2.45, 2.75) is 6.10 Å². The molecule has 0 saturated heterocycles. The van der Waals surface area contributed by atoms with E-state index in [9.17, 15) is 19.7 Å². The van der Waals surface area contributed by atoms with E-state index in [1.807, 2.05) is 6.07 Å². The Morgan fingerprint density at radius 3 is 2.52 bits per heavy atom. The molecule has 0 radical (unpaired) electrons. The van der Waals surface area contributed by atoms with Gasteiger partial charge in [0.05, 0.1) is 17.5 Å². The van der Waals surface area contributed by atoms with Crippen LogP contribution < -0.4 is 24.3 Å². The molecule has 0 saturated carbocycles. The highest BCUT2D eigenvalue weighted by Crippen LogP contribution is 2.37. The molecule has 0 aliphatic carbocycles. The average molecular weight is 430 g/mol. The Labute approximate surface area is 175 Å². The minimum absolute atomic E-state index is 0.134. The summed E-state index contributed by atoms with van der Waals surface area (Å²) in [5.74, 6) is -0.0436. The number of benzene rings is 2. The highest BCUT2D eigenvalue weighted by atomic mass is 16.6.